The van der Waals surface area contributed by atoms with Gasteiger partial charge in [0.05, 0.1) is 12.0 Å². The standard InChI is InChI=1S/C19H19N3O2S/c1-3-24-19(23)16-11(2)15-17(21-10-22-18(15)25-16)20-9-13-8-12-6-4-5-7-14(12)13/h4-7,10,13H,3,8-9H2,1-2H3,(H,20,21,22)/t13-/m1/s1. The summed E-state index contributed by atoms with van der Waals surface area (Å²) in [4.78, 5) is 22.3. The van der Waals surface area contributed by atoms with Crippen LogP contribution < -0.4 is 5.32 Å². The molecule has 0 saturated heterocycles. The number of carbonyl (C=O) groups is 1. The Bertz CT molecular complexity index is 951. The summed E-state index contributed by atoms with van der Waals surface area (Å²) in [5.74, 6) is 1.00. The monoisotopic (exact) mass is 353 g/mol. The van der Waals surface area contributed by atoms with E-state index < -0.39 is 0 Å². The number of benzene rings is 1. The van der Waals surface area contributed by atoms with Crippen molar-refractivity contribution in [1.82, 2.24) is 9.97 Å². The second-order valence-electron chi connectivity index (χ2n) is 6.16. The zero-order valence-electron chi connectivity index (χ0n) is 14.2. The van der Waals surface area contributed by atoms with Gasteiger partial charge in [-0.05, 0) is 37.0 Å². The lowest BCUT2D eigenvalue weighted by Crippen LogP contribution is -2.24. The van der Waals surface area contributed by atoms with Crippen LogP contribution >= 0.6 is 11.3 Å². The largest absolute Gasteiger partial charge is 0.462 e. The van der Waals surface area contributed by atoms with Gasteiger partial charge in [-0.25, -0.2) is 14.8 Å². The minimum atomic E-state index is -0.290. The molecule has 0 aliphatic heterocycles. The molecule has 0 spiro atoms. The van der Waals surface area contributed by atoms with Gasteiger partial charge in [-0.15, -0.1) is 11.3 Å². The van der Waals surface area contributed by atoms with Gasteiger partial charge in [-0.1, -0.05) is 24.3 Å². The normalized spacial score (nSPS) is 15.5. The van der Waals surface area contributed by atoms with Crippen LogP contribution in [0.5, 0.6) is 0 Å². The molecule has 3 aromatic rings. The molecule has 0 radical (unpaired) electrons. The van der Waals surface area contributed by atoms with Gasteiger partial charge < -0.3 is 10.1 Å². The summed E-state index contributed by atoms with van der Waals surface area (Å²) < 4.78 is 5.14. The van der Waals surface area contributed by atoms with Gasteiger partial charge in [0.1, 0.15) is 21.9 Å². The molecule has 0 bridgehead atoms. The molecule has 4 rings (SSSR count). The van der Waals surface area contributed by atoms with E-state index in [1.54, 1.807) is 6.33 Å². The minimum Gasteiger partial charge on any atom is -0.462 e. The highest BCUT2D eigenvalue weighted by Crippen LogP contribution is 2.37. The van der Waals surface area contributed by atoms with Crippen molar-refractivity contribution in [3.8, 4) is 0 Å². The second kappa shape index (κ2) is 6.44. The number of ether oxygens (including phenoxy) is 1. The first kappa shape index (κ1) is 16.0. The van der Waals surface area contributed by atoms with Crippen molar-refractivity contribution in [3.05, 3.63) is 52.2 Å². The summed E-state index contributed by atoms with van der Waals surface area (Å²) in [7, 11) is 0. The molecule has 0 unspecified atom stereocenters. The first-order valence-corrected chi connectivity index (χ1v) is 9.23. The summed E-state index contributed by atoms with van der Waals surface area (Å²) in [5.41, 5.74) is 3.73. The SMILES string of the molecule is CCOC(=O)c1sc2ncnc(NC[C@H]3Cc4ccccc43)c2c1C. The molecule has 1 atom stereocenters. The maximum Gasteiger partial charge on any atom is 0.348 e. The average Bonchev–Trinajstić information content (AvgIpc) is 2.94. The van der Waals surface area contributed by atoms with E-state index in [1.165, 1.54) is 22.5 Å². The predicted molar refractivity (Wildman–Crippen MR) is 99.5 cm³/mol. The lowest BCUT2D eigenvalue weighted by molar-refractivity contribution is 0.0531. The molecule has 1 aliphatic rings. The van der Waals surface area contributed by atoms with E-state index in [0.29, 0.717) is 17.4 Å². The molecule has 128 valence electrons. The molecule has 1 N–H and O–H groups in total. The Labute approximate surface area is 150 Å². The molecule has 1 aromatic carbocycles. The molecular formula is C19H19N3O2S. The lowest BCUT2D eigenvalue weighted by Gasteiger charge is -2.30. The van der Waals surface area contributed by atoms with Crippen molar-refractivity contribution in [1.29, 1.82) is 0 Å². The smallest absolute Gasteiger partial charge is 0.348 e. The van der Waals surface area contributed by atoms with Gasteiger partial charge in [-0.2, -0.15) is 0 Å². The van der Waals surface area contributed by atoms with Crippen LogP contribution in [0.4, 0.5) is 5.82 Å². The van der Waals surface area contributed by atoms with Crippen LogP contribution in [0.3, 0.4) is 0 Å². The van der Waals surface area contributed by atoms with E-state index in [9.17, 15) is 4.79 Å². The first-order chi connectivity index (χ1) is 12.2. The predicted octanol–water partition coefficient (Wildman–Crippen LogP) is 3.93. The molecule has 2 aromatic heterocycles. The van der Waals surface area contributed by atoms with Crippen LogP contribution in [0.2, 0.25) is 0 Å². The van der Waals surface area contributed by atoms with Crippen molar-refractivity contribution in [3.63, 3.8) is 0 Å². The highest BCUT2D eigenvalue weighted by molar-refractivity contribution is 7.20. The summed E-state index contributed by atoms with van der Waals surface area (Å²) in [6.45, 7) is 4.93. The van der Waals surface area contributed by atoms with Crippen LogP contribution in [0.25, 0.3) is 10.2 Å². The van der Waals surface area contributed by atoms with Gasteiger partial charge in [0.15, 0.2) is 0 Å². The van der Waals surface area contributed by atoms with Gasteiger partial charge in [0, 0.05) is 12.5 Å². The Morgan fingerprint density at radius 2 is 2.20 bits per heavy atom. The third-order valence-corrected chi connectivity index (χ3v) is 5.84. The van der Waals surface area contributed by atoms with Crippen molar-refractivity contribution in [2.24, 2.45) is 0 Å². The third-order valence-electron chi connectivity index (χ3n) is 4.66. The second-order valence-corrected chi connectivity index (χ2v) is 7.16. The fourth-order valence-electron chi connectivity index (χ4n) is 3.36. The first-order valence-electron chi connectivity index (χ1n) is 8.42. The number of aryl methyl sites for hydroxylation is 1. The van der Waals surface area contributed by atoms with E-state index >= 15 is 0 Å². The summed E-state index contributed by atoms with van der Waals surface area (Å²) >= 11 is 1.36. The zero-order valence-corrected chi connectivity index (χ0v) is 15.0. The number of anilines is 1. The highest BCUT2D eigenvalue weighted by atomic mass is 32.1. The molecule has 5 nitrogen and oxygen atoms in total. The van der Waals surface area contributed by atoms with Crippen LogP contribution in [-0.2, 0) is 11.2 Å². The maximum absolute atomic E-state index is 12.1. The van der Waals surface area contributed by atoms with Crippen LogP contribution in [0.15, 0.2) is 30.6 Å². The number of fused-ring (bicyclic) bond motifs is 2. The molecule has 0 saturated carbocycles. The van der Waals surface area contributed by atoms with Gasteiger partial charge in [-0.3, -0.25) is 0 Å². The Morgan fingerprint density at radius 3 is 3.00 bits per heavy atom. The maximum atomic E-state index is 12.1. The quantitative estimate of drug-likeness (QED) is 0.704. The average molecular weight is 353 g/mol. The van der Waals surface area contributed by atoms with Crippen molar-refractivity contribution < 1.29 is 9.53 Å². The van der Waals surface area contributed by atoms with Crippen LogP contribution in [0.1, 0.15) is 39.2 Å². The topological polar surface area (TPSA) is 64.1 Å². The number of hydrogen-bond donors (Lipinski definition) is 1. The fraction of sp³-hybridized carbons (Fsp3) is 0.316. The Kier molecular flexibility index (Phi) is 4.13. The van der Waals surface area contributed by atoms with Crippen LogP contribution in [-0.4, -0.2) is 29.1 Å². The molecule has 2 heterocycles. The molecule has 0 amide bonds. The number of nitrogens with one attached hydrogen (secondary N) is 1. The minimum absolute atomic E-state index is 0.290. The summed E-state index contributed by atoms with van der Waals surface area (Å²) in [5, 5.41) is 4.38. The van der Waals surface area contributed by atoms with E-state index in [-0.39, 0.29) is 5.97 Å². The van der Waals surface area contributed by atoms with E-state index in [4.69, 9.17) is 4.74 Å². The van der Waals surface area contributed by atoms with Crippen molar-refractivity contribution in [2.75, 3.05) is 18.5 Å². The third kappa shape index (κ3) is 2.76. The number of aromatic nitrogens is 2. The molecule has 0 fully saturated rings. The Hall–Kier alpha value is -2.47. The molecule has 25 heavy (non-hydrogen) atoms. The molecular weight excluding hydrogens is 334 g/mol. The number of nitrogens with zero attached hydrogens (tertiary/aromatic N) is 2. The highest BCUT2D eigenvalue weighted by Gasteiger charge is 2.26. The fourth-order valence-corrected chi connectivity index (χ4v) is 4.40. The van der Waals surface area contributed by atoms with Crippen molar-refractivity contribution in [2.45, 2.75) is 26.2 Å². The Balaban J connectivity index is 1.59. The van der Waals surface area contributed by atoms with Gasteiger partial charge in [0.25, 0.3) is 0 Å². The zero-order chi connectivity index (χ0) is 17.4. The number of carbonyl (C=O) groups excluding carboxylic acids is 1. The molecule has 6 heteroatoms. The van der Waals surface area contributed by atoms with E-state index in [0.717, 1.165) is 34.6 Å². The molecule has 1 aliphatic carbocycles. The van der Waals surface area contributed by atoms with E-state index in [2.05, 4.69) is 39.6 Å². The van der Waals surface area contributed by atoms with Crippen LogP contribution in [0, 0.1) is 6.92 Å². The number of rotatable bonds is 5. The summed E-state index contributed by atoms with van der Waals surface area (Å²) in [6.07, 6.45) is 2.64. The summed E-state index contributed by atoms with van der Waals surface area (Å²) in [6, 6.07) is 8.55. The lowest BCUT2D eigenvalue weighted by atomic mass is 9.77. The number of esters is 1. The Morgan fingerprint density at radius 1 is 1.36 bits per heavy atom. The number of thiophene rings is 1. The van der Waals surface area contributed by atoms with Crippen molar-refractivity contribution >= 4 is 33.3 Å². The van der Waals surface area contributed by atoms with Gasteiger partial charge >= 0.3 is 5.97 Å². The van der Waals surface area contributed by atoms with E-state index in [1.807, 2.05) is 13.8 Å². The number of hydrogen-bond acceptors (Lipinski definition) is 6. The van der Waals surface area contributed by atoms with Gasteiger partial charge in [0.2, 0.25) is 0 Å².